The number of piperidine rings is 1. The topological polar surface area (TPSA) is 110 Å². The van der Waals surface area contributed by atoms with E-state index in [1.165, 1.54) is 4.31 Å². The number of benzene rings is 1. The molecule has 2 amide bonds. The Morgan fingerprint density at radius 2 is 1.72 bits per heavy atom. The molecular formula is C20H29N3O5S. The second kappa shape index (κ2) is 8.81. The molecule has 2 heterocycles. The van der Waals surface area contributed by atoms with Gasteiger partial charge in [0.15, 0.2) is 6.10 Å². The van der Waals surface area contributed by atoms with Gasteiger partial charge in [0.1, 0.15) is 0 Å². The van der Waals surface area contributed by atoms with Crippen LogP contribution in [0.1, 0.15) is 38.2 Å². The molecule has 3 rings (SSSR count). The summed E-state index contributed by atoms with van der Waals surface area (Å²) in [5.74, 6) is -0.552. The molecule has 2 fully saturated rings. The fraction of sp³-hybridized carbons (Fsp3) is 0.600. The molecule has 0 spiro atoms. The third-order valence-corrected chi connectivity index (χ3v) is 7.60. The zero-order valence-corrected chi connectivity index (χ0v) is 17.7. The minimum Gasteiger partial charge on any atom is -0.367 e. The van der Waals surface area contributed by atoms with Crippen LogP contribution >= 0.6 is 0 Å². The van der Waals surface area contributed by atoms with E-state index in [1.54, 1.807) is 17.0 Å². The highest BCUT2D eigenvalue weighted by molar-refractivity contribution is 7.89. The molecule has 0 bridgehead atoms. The number of carbonyl (C=O) groups excluding carboxylic acids is 2. The molecule has 0 aromatic heterocycles. The second-order valence-corrected chi connectivity index (χ2v) is 9.89. The molecule has 2 saturated heterocycles. The predicted molar refractivity (Wildman–Crippen MR) is 108 cm³/mol. The third-order valence-electron chi connectivity index (χ3n) is 5.68. The first-order chi connectivity index (χ1) is 13.7. The maximum atomic E-state index is 12.9. The first-order valence-electron chi connectivity index (χ1n) is 10.00. The number of amides is 2. The van der Waals surface area contributed by atoms with Gasteiger partial charge in [0.05, 0.1) is 18.0 Å². The molecule has 2 N–H and O–H groups in total. The van der Waals surface area contributed by atoms with Crippen molar-refractivity contribution in [2.75, 3.05) is 32.8 Å². The van der Waals surface area contributed by atoms with E-state index in [0.717, 1.165) is 5.56 Å². The number of ether oxygens (including phenoxy) is 1. The zero-order chi connectivity index (χ0) is 21.2. The molecule has 1 aromatic rings. The van der Waals surface area contributed by atoms with Crippen LogP contribution in [0.4, 0.5) is 0 Å². The van der Waals surface area contributed by atoms with Crippen LogP contribution in [0.2, 0.25) is 0 Å². The van der Waals surface area contributed by atoms with Crippen molar-refractivity contribution in [1.29, 1.82) is 0 Å². The van der Waals surface area contributed by atoms with Crippen LogP contribution in [-0.4, -0.2) is 68.3 Å². The lowest BCUT2D eigenvalue weighted by molar-refractivity contribution is -0.149. The average molecular weight is 424 g/mol. The summed E-state index contributed by atoms with van der Waals surface area (Å²) < 4.78 is 32.6. The molecule has 9 heteroatoms. The summed E-state index contributed by atoms with van der Waals surface area (Å²) in [6.45, 7) is 5.58. The minimum atomic E-state index is -3.57. The smallest absolute Gasteiger partial charge is 0.248 e. The van der Waals surface area contributed by atoms with Crippen molar-refractivity contribution in [3.05, 3.63) is 29.8 Å². The number of sulfonamides is 1. The van der Waals surface area contributed by atoms with Gasteiger partial charge in [-0.15, -0.1) is 0 Å². The third kappa shape index (κ3) is 4.79. The van der Waals surface area contributed by atoms with Gasteiger partial charge < -0.3 is 15.4 Å². The van der Waals surface area contributed by atoms with Crippen molar-refractivity contribution in [3.63, 3.8) is 0 Å². The quantitative estimate of drug-likeness (QED) is 0.757. The number of nitrogens with zero attached hydrogens (tertiary/aromatic N) is 2. The van der Waals surface area contributed by atoms with Crippen molar-refractivity contribution >= 4 is 21.8 Å². The Kier molecular flexibility index (Phi) is 6.60. The normalized spacial score (nSPS) is 22.0. The van der Waals surface area contributed by atoms with E-state index in [0.29, 0.717) is 38.4 Å². The molecule has 1 atom stereocenters. The average Bonchev–Trinajstić information content (AvgIpc) is 2.73. The first kappa shape index (κ1) is 21.7. The number of hydrogen-bond acceptors (Lipinski definition) is 5. The van der Waals surface area contributed by atoms with E-state index in [2.05, 4.69) is 13.8 Å². The SMILES string of the molecule is CC(C)c1ccc(S(=O)(=O)N2CCC(C(=O)N3CCOC(C(N)=O)C3)CC2)cc1. The maximum absolute atomic E-state index is 12.9. The van der Waals surface area contributed by atoms with Crippen molar-refractivity contribution in [2.45, 2.75) is 43.6 Å². The molecule has 8 nitrogen and oxygen atoms in total. The zero-order valence-electron chi connectivity index (χ0n) is 16.9. The largest absolute Gasteiger partial charge is 0.367 e. The number of morpholine rings is 1. The number of nitrogens with two attached hydrogens (primary N) is 1. The van der Waals surface area contributed by atoms with Crippen LogP contribution in [0, 0.1) is 5.92 Å². The summed E-state index contributed by atoms with van der Waals surface area (Å²) in [6.07, 6.45) is 0.142. The van der Waals surface area contributed by atoms with Gasteiger partial charge in [-0.25, -0.2) is 8.42 Å². The van der Waals surface area contributed by atoms with Gasteiger partial charge >= 0.3 is 0 Å². The van der Waals surface area contributed by atoms with Crippen LogP contribution in [0.15, 0.2) is 29.2 Å². The Labute approximate surface area is 172 Å². The van der Waals surface area contributed by atoms with E-state index >= 15 is 0 Å². The molecule has 0 radical (unpaired) electrons. The Hall–Kier alpha value is -1.97. The number of primary amides is 1. The molecule has 0 saturated carbocycles. The lowest BCUT2D eigenvalue weighted by atomic mass is 9.96. The molecule has 0 aliphatic carbocycles. The van der Waals surface area contributed by atoms with Crippen LogP contribution in [0.25, 0.3) is 0 Å². The van der Waals surface area contributed by atoms with Crippen molar-refractivity contribution in [2.24, 2.45) is 11.7 Å². The van der Waals surface area contributed by atoms with Crippen LogP contribution in [0.5, 0.6) is 0 Å². The van der Waals surface area contributed by atoms with E-state index in [9.17, 15) is 18.0 Å². The predicted octanol–water partition coefficient (Wildman–Crippen LogP) is 0.923. The minimum absolute atomic E-state index is 0.0575. The summed E-state index contributed by atoms with van der Waals surface area (Å²) in [5.41, 5.74) is 6.37. The van der Waals surface area contributed by atoms with E-state index in [4.69, 9.17) is 10.5 Å². The second-order valence-electron chi connectivity index (χ2n) is 7.95. The van der Waals surface area contributed by atoms with Crippen molar-refractivity contribution < 1.29 is 22.7 Å². The van der Waals surface area contributed by atoms with Crippen LogP contribution in [0.3, 0.4) is 0 Å². The fourth-order valence-electron chi connectivity index (χ4n) is 3.80. The number of hydrogen-bond donors (Lipinski definition) is 1. The van der Waals surface area contributed by atoms with Crippen LogP contribution < -0.4 is 5.73 Å². The van der Waals surface area contributed by atoms with Gasteiger partial charge in [0.2, 0.25) is 21.8 Å². The molecule has 2 aliphatic heterocycles. The summed E-state index contributed by atoms with van der Waals surface area (Å²) in [4.78, 5) is 26.0. The van der Waals surface area contributed by atoms with E-state index in [1.807, 2.05) is 12.1 Å². The van der Waals surface area contributed by atoms with Gasteiger partial charge in [-0.3, -0.25) is 9.59 Å². The van der Waals surface area contributed by atoms with Gasteiger partial charge in [-0.05, 0) is 36.5 Å². The van der Waals surface area contributed by atoms with Crippen molar-refractivity contribution in [3.8, 4) is 0 Å². The molecule has 1 unspecified atom stereocenters. The molecule has 1 aromatic carbocycles. The number of carbonyl (C=O) groups is 2. The van der Waals surface area contributed by atoms with Gasteiger partial charge in [-0.1, -0.05) is 26.0 Å². The highest BCUT2D eigenvalue weighted by Gasteiger charge is 2.36. The molecular weight excluding hydrogens is 394 g/mol. The maximum Gasteiger partial charge on any atom is 0.248 e. The van der Waals surface area contributed by atoms with Crippen LogP contribution in [-0.2, 0) is 24.3 Å². The van der Waals surface area contributed by atoms with Gasteiger partial charge in [0, 0.05) is 25.6 Å². The summed E-state index contributed by atoms with van der Waals surface area (Å²) in [7, 11) is -3.57. The molecule has 160 valence electrons. The monoisotopic (exact) mass is 423 g/mol. The Morgan fingerprint density at radius 1 is 1.10 bits per heavy atom. The standard InChI is InChI=1S/C20H29N3O5S/c1-14(2)15-3-5-17(6-4-15)29(26,27)23-9-7-16(8-10-23)20(25)22-11-12-28-18(13-22)19(21)24/h3-6,14,16,18H,7-13H2,1-2H3,(H2,21,24). The Morgan fingerprint density at radius 3 is 2.28 bits per heavy atom. The van der Waals surface area contributed by atoms with E-state index < -0.39 is 22.0 Å². The summed E-state index contributed by atoms with van der Waals surface area (Å²) in [6, 6.07) is 7.00. The van der Waals surface area contributed by atoms with E-state index in [-0.39, 0.29) is 29.9 Å². The fourth-order valence-corrected chi connectivity index (χ4v) is 5.27. The highest BCUT2D eigenvalue weighted by atomic mass is 32.2. The molecule has 29 heavy (non-hydrogen) atoms. The Balaban J connectivity index is 1.60. The summed E-state index contributed by atoms with van der Waals surface area (Å²) >= 11 is 0. The summed E-state index contributed by atoms with van der Waals surface area (Å²) in [5, 5.41) is 0. The first-order valence-corrected chi connectivity index (χ1v) is 11.4. The van der Waals surface area contributed by atoms with Crippen molar-refractivity contribution in [1.82, 2.24) is 9.21 Å². The molecule has 2 aliphatic rings. The van der Waals surface area contributed by atoms with Gasteiger partial charge in [-0.2, -0.15) is 4.31 Å². The lowest BCUT2D eigenvalue weighted by Gasteiger charge is -2.36. The lowest BCUT2D eigenvalue weighted by Crippen LogP contribution is -2.53. The highest BCUT2D eigenvalue weighted by Crippen LogP contribution is 2.26. The number of rotatable bonds is 5. The Bertz CT molecular complexity index is 845. The van der Waals surface area contributed by atoms with Gasteiger partial charge in [0.25, 0.3) is 0 Å².